The maximum Gasteiger partial charge on any atom is 0.0252 e. The Kier molecular flexibility index (Phi) is 4.81. The second kappa shape index (κ2) is 6.61. The van der Waals surface area contributed by atoms with Gasteiger partial charge in [0.15, 0.2) is 0 Å². The van der Waals surface area contributed by atoms with Crippen LogP contribution in [0.2, 0.25) is 0 Å². The molecule has 0 aromatic heterocycles. The molecule has 0 amide bonds. The molecule has 0 heterocycles. The molecule has 1 heteroatoms. The van der Waals surface area contributed by atoms with Crippen molar-refractivity contribution in [3.63, 3.8) is 0 Å². The number of allylic oxidation sites excluding steroid dienone is 1. The highest BCUT2D eigenvalue weighted by molar-refractivity contribution is 5.14. The summed E-state index contributed by atoms with van der Waals surface area (Å²) in [7, 11) is 0. The lowest BCUT2D eigenvalue weighted by molar-refractivity contribution is 0.439. The zero-order valence-electron chi connectivity index (χ0n) is 10.7. The van der Waals surface area contributed by atoms with Gasteiger partial charge >= 0.3 is 0 Å². The van der Waals surface area contributed by atoms with Crippen molar-refractivity contribution >= 4 is 0 Å². The van der Waals surface area contributed by atoms with Crippen LogP contribution in [-0.4, -0.2) is 12.1 Å². The van der Waals surface area contributed by atoms with E-state index in [0.29, 0.717) is 12.1 Å². The Bertz CT molecular complexity index is 342. The smallest absolute Gasteiger partial charge is 0.0252 e. The molecular formula is C16H23N. The van der Waals surface area contributed by atoms with Crippen molar-refractivity contribution in [1.82, 2.24) is 5.32 Å². The van der Waals surface area contributed by atoms with Crippen LogP contribution in [0.4, 0.5) is 0 Å². The molecule has 1 N–H and O–H groups in total. The summed E-state index contributed by atoms with van der Waals surface area (Å²) in [5.74, 6) is 0. The fraction of sp³-hybridized carbons (Fsp3) is 0.500. The summed E-state index contributed by atoms with van der Waals surface area (Å²) in [6.45, 7) is 2.30. The van der Waals surface area contributed by atoms with Gasteiger partial charge in [0.05, 0.1) is 0 Å². The highest BCUT2D eigenvalue weighted by Crippen LogP contribution is 2.12. The standard InChI is InChI=1S/C16H23N/c1-14(17-16-10-6-3-7-11-16)12-13-15-8-4-2-5-9-15/h2,4-6,8-10,14,16-17H,3,7,11-13H2,1H3. The summed E-state index contributed by atoms with van der Waals surface area (Å²) in [4.78, 5) is 0. The van der Waals surface area contributed by atoms with Gasteiger partial charge in [0, 0.05) is 12.1 Å². The first-order chi connectivity index (χ1) is 8.34. The molecule has 1 aliphatic carbocycles. The Hall–Kier alpha value is -1.08. The first kappa shape index (κ1) is 12.4. The molecule has 0 bridgehead atoms. The number of aryl methyl sites for hydroxylation is 1. The van der Waals surface area contributed by atoms with Gasteiger partial charge in [-0.3, -0.25) is 0 Å². The van der Waals surface area contributed by atoms with Crippen LogP contribution in [0.15, 0.2) is 42.5 Å². The Labute approximate surface area is 105 Å². The van der Waals surface area contributed by atoms with Crippen molar-refractivity contribution in [2.45, 2.75) is 51.1 Å². The Morgan fingerprint density at radius 3 is 2.82 bits per heavy atom. The van der Waals surface area contributed by atoms with Gasteiger partial charge in [-0.2, -0.15) is 0 Å². The predicted octanol–water partition coefficient (Wildman–Crippen LogP) is 3.71. The van der Waals surface area contributed by atoms with Crippen LogP contribution in [0.1, 0.15) is 38.2 Å². The lowest BCUT2D eigenvalue weighted by Crippen LogP contribution is -2.36. The van der Waals surface area contributed by atoms with Crippen LogP contribution in [0.3, 0.4) is 0 Å². The van der Waals surface area contributed by atoms with E-state index in [1.54, 1.807) is 0 Å². The molecule has 0 radical (unpaired) electrons. The average Bonchev–Trinajstić information content (AvgIpc) is 2.39. The molecule has 1 nitrogen and oxygen atoms in total. The van der Waals surface area contributed by atoms with Crippen LogP contribution in [0, 0.1) is 0 Å². The molecule has 1 aromatic carbocycles. The van der Waals surface area contributed by atoms with E-state index in [2.05, 4.69) is 54.7 Å². The van der Waals surface area contributed by atoms with E-state index in [9.17, 15) is 0 Å². The van der Waals surface area contributed by atoms with Crippen LogP contribution in [0.25, 0.3) is 0 Å². The summed E-state index contributed by atoms with van der Waals surface area (Å²) in [5, 5.41) is 3.70. The SMILES string of the molecule is CC(CCc1ccccc1)NC1C=CCCC1. The molecule has 2 atom stereocenters. The van der Waals surface area contributed by atoms with Crippen molar-refractivity contribution in [2.24, 2.45) is 0 Å². The largest absolute Gasteiger partial charge is 0.308 e. The summed E-state index contributed by atoms with van der Waals surface area (Å²) < 4.78 is 0. The molecule has 0 fully saturated rings. The Morgan fingerprint density at radius 2 is 2.12 bits per heavy atom. The second-order valence-corrected chi connectivity index (χ2v) is 5.06. The molecule has 17 heavy (non-hydrogen) atoms. The maximum atomic E-state index is 3.70. The van der Waals surface area contributed by atoms with Gasteiger partial charge < -0.3 is 5.32 Å². The molecule has 2 unspecified atom stereocenters. The predicted molar refractivity (Wildman–Crippen MR) is 74.1 cm³/mol. The molecule has 0 saturated heterocycles. The van der Waals surface area contributed by atoms with E-state index < -0.39 is 0 Å². The number of nitrogens with one attached hydrogen (secondary N) is 1. The fourth-order valence-electron chi connectivity index (χ4n) is 2.43. The molecule has 1 aromatic rings. The monoisotopic (exact) mass is 229 g/mol. The first-order valence-corrected chi connectivity index (χ1v) is 6.81. The van der Waals surface area contributed by atoms with E-state index >= 15 is 0 Å². The summed E-state index contributed by atoms with van der Waals surface area (Å²) in [5.41, 5.74) is 1.44. The molecule has 0 aliphatic heterocycles. The van der Waals surface area contributed by atoms with Gasteiger partial charge in [-0.1, -0.05) is 42.5 Å². The van der Waals surface area contributed by atoms with Crippen LogP contribution in [-0.2, 0) is 6.42 Å². The van der Waals surface area contributed by atoms with Crippen molar-refractivity contribution in [3.05, 3.63) is 48.0 Å². The van der Waals surface area contributed by atoms with Gasteiger partial charge in [-0.15, -0.1) is 0 Å². The molecule has 0 saturated carbocycles. The first-order valence-electron chi connectivity index (χ1n) is 6.81. The molecule has 0 spiro atoms. The number of benzene rings is 1. The summed E-state index contributed by atoms with van der Waals surface area (Å²) in [6, 6.07) is 12.0. The molecular weight excluding hydrogens is 206 g/mol. The third-order valence-corrected chi connectivity index (χ3v) is 3.46. The van der Waals surface area contributed by atoms with Gasteiger partial charge in [-0.05, 0) is 44.6 Å². The van der Waals surface area contributed by atoms with Crippen LogP contribution < -0.4 is 5.32 Å². The second-order valence-electron chi connectivity index (χ2n) is 5.06. The Balaban J connectivity index is 1.72. The van der Waals surface area contributed by atoms with E-state index in [1.165, 1.54) is 37.7 Å². The van der Waals surface area contributed by atoms with Crippen molar-refractivity contribution in [1.29, 1.82) is 0 Å². The van der Waals surface area contributed by atoms with Gasteiger partial charge in [0.1, 0.15) is 0 Å². The lowest BCUT2D eigenvalue weighted by atomic mass is 10.0. The highest BCUT2D eigenvalue weighted by atomic mass is 14.9. The molecule has 2 rings (SSSR count). The Morgan fingerprint density at radius 1 is 1.29 bits per heavy atom. The molecule has 92 valence electrons. The van der Waals surface area contributed by atoms with E-state index in [0.717, 1.165) is 0 Å². The van der Waals surface area contributed by atoms with Gasteiger partial charge in [-0.25, -0.2) is 0 Å². The number of hydrogen-bond donors (Lipinski definition) is 1. The van der Waals surface area contributed by atoms with Crippen LogP contribution in [0.5, 0.6) is 0 Å². The summed E-state index contributed by atoms with van der Waals surface area (Å²) in [6.07, 6.45) is 10.9. The summed E-state index contributed by atoms with van der Waals surface area (Å²) >= 11 is 0. The van der Waals surface area contributed by atoms with Gasteiger partial charge in [0.25, 0.3) is 0 Å². The van der Waals surface area contributed by atoms with Crippen molar-refractivity contribution < 1.29 is 0 Å². The van der Waals surface area contributed by atoms with E-state index in [4.69, 9.17) is 0 Å². The highest BCUT2D eigenvalue weighted by Gasteiger charge is 2.11. The molecule has 1 aliphatic rings. The zero-order valence-corrected chi connectivity index (χ0v) is 10.7. The zero-order chi connectivity index (χ0) is 11.9. The third-order valence-electron chi connectivity index (χ3n) is 3.46. The van der Waals surface area contributed by atoms with E-state index in [-0.39, 0.29) is 0 Å². The van der Waals surface area contributed by atoms with Crippen LogP contribution >= 0.6 is 0 Å². The fourth-order valence-corrected chi connectivity index (χ4v) is 2.43. The lowest BCUT2D eigenvalue weighted by Gasteiger charge is -2.23. The minimum absolute atomic E-state index is 0.600. The maximum absolute atomic E-state index is 3.70. The van der Waals surface area contributed by atoms with Crippen molar-refractivity contribution in [2.75, 3.05) is 0 Å². The minimum Gasteiger partial charge on any atom is -0.308 e. The third kappa shape index (κ3) is 4.35. The number of rotatable bonds is 5. The van der Waals surface area contributed by atoms with E-state index in [1.807, 2.05) is 0 Å². The van der Waals surface area contributed by atoms with Gasteiger partial charge in [0.2, 0.25) is 0 Å². The topological polar surface area (TPSA) is 12.0 Å². The normalized spacial score (nSPS) is 21.4. The average molecular weight is 229 g/mol. The number of hydrogen-bond acceptors (Lipinski definition) is 1. The quantitative estimate of drug-likeness (QED) is 0.759. The minimum atomic E-state index is 0.600. The van der Waals surface area contributed by atoms with Crippen molar-refractivity contribution in [3.8, 4) is 0 Å².